The molecule has 0 radical (unpaired) electrons. The lowest BCUT2D eigenvalue weighted by molar-refractivity contribution is -0.111. The molecule has 23 heavy (non-hydrogen) atoms. The average molecular weight is 299 g/mol. The number of pyridine rings is 1. The molecule has 4 heteroatoms. The van der Waals surface area contributed by atoms with Gasteiger partial charge >= 0.3 is 0 Å². The average Bonchev–Trinajstić information content (AvgIpc) is 2.60. The molecule has 0 saturated heterocycles. The molecule has 0 fully saturated rings. The van der Waals surface area contributed by atoms with E-state index in [4.69, 9.17) is 5.26 Å². The number of fused-ring (bicyclic) bond motifs is 1. The third-order valence-corrected chi connectivity index (χ3v) is 3.40. The minimum Gasteiger partial charge on any atom is -0.322 e. The molecule has 0 aliphatic carbocycles. The van der Waals surface area contributed by atoms with Crippen LogP contribution < -0.4 is 5.32 Å². The normalized spacial score (nSPS) is 10.6. The zero-order valence-corrected chi connectivity index (χ0v) is 12.2. The van der Waals surface area contributed by atoms with Crippen LogP contribution in [-0.2, 0) is 4.79 Å². The zero-order chi connectivity index (χ0) is 16.1. The SMILES string of the molecule is N#Cc1ccccc1C=CC(=O)Nc1cccc2ncccc12. The van der Waals surface area contributed by atoms with Crippen molar-refractivity contribution in [1.82, 2.24) is 4.98 Å². The largest absolute Gasteiger partial charge is 0.322 e. The summed E-state index contributed by atoms with van der Waals surface area (Å²) in [5.74, 6) is -0.255. The summed E-state index contributed by atoms with van der Waals surface area (Å²) in [6.45, 7) is 0. The fourth-order valence-corrected chi connectivity index (χ4v) is 2.30. The van der Waals surface area contributed by atoms with Crippen LogP contribution in [0, 0.1) is 11.3 Å². The van der Waals surface area contributed by atoms with Gasteiger partial charge in [-0.25, -0.2) is 0 Å². The summed E-state index contributed by atoms with van der Waals surface area (Å²) in [5.41, 5.74) is 2.78. The fourth-order valence-electron chi connectivity index (χ4n) is 2.30. The molecule has 1 heterocycles. The minimum absolute atomic E-state index is 0.255. The first kappa shape index (κ1) is 14.5. The summed E-state index contributed by atoms with van der Waals surface area (Å²) < 4.78 is 0. The van der Waals surface area contributed by atoms with Gasteiger partial charge in [0.2, 0.25) is 5.91 Å². The van der Waals surface area contributed by atoms with Gasteiger partial charge in [-0.1, -0.05) is 24.3 Å². The Morgan fingerprint density at radius 3 is 2.83 bits per heavy atom. The quantitative estimate of drug-likeness (QED) is 0.749. The molecule has 0 unspecified atom stereocenters. The smallest absolute Gasteiger partial charge is 0.248 e. The van der Waals surface area contributed by atoms with Gasteiger partial charge in [0, 0.05) is 17.7 Å². The van der Waals surface area contributed by atoms with Gasteiger partial charge in [0.1, 0.15) is 0 Å². The molecule has 0 spiro atoms. The van der Waals surface area contributed by atoms with Crippen molar-refractivity contribution in [1.29, 1.82) is 5.26 Å². The molecule has 0 saturated carbocycles. The van der Waals surface area contributed by atoms with Crippen LogP contribution in [0.15, 0.2) is 66.9 Å². The molecule has 0 bridgehead atoms. The number of hydrogen-bond donors (Lipinski definition) is 1. The van der Waals surface area contributed by atoms with Crippen LogP contribution in [0.4, 0.5) is 5.69 Å². The van der Waals surface area contributed by atoms with Crippen LogP contribution >= 0.6 is 0 Å². The molecule has 3 aromatic rings. The van der Waals surface area contributed by atoms with Gasteiger partial charge in [-0.2, -0.15) is 5.26 Å². The minimum atomic E-state index is -0.255. The maximum absolute atomic E-state index is 12.1. The molecular weight excluding hydrogens is 286 g/mol. The number of anilines is 1. The number of carbonyl (C=O) groups is 1. The van der Waals surface area contributed by atoms with Crippen molar-refractivity contribution < 1.29 is 4.79 Å². The van der Waals surface area contributed by atoms with E-state index in [1.54, 1.807) is 30.5 Å². The van der Waals surface area contributed by atoms with Crippen molar-refractivity contribution in [3.8, 4) is 6.07 Å². The van der Waals surface area contributed by atoms with Crippen molar-refractivity contribution in [2.45, 2.75) is 0 Å². The lowest BCUT2D eigenvalue weighted by atomic mass is 10.1. The second-order valence-electron chi connectivity index (χ2n) is 4.90. The Balaban J connectivity index is 1.82. The van der Waals surface area contributed by atoms with Gasteiger partial charge in [-0.3, -0.25) is 9.78 Å². The molecule has 1 amide bonds. The molecule has 0 atom stereocenters. The van der Waals surface area contributed by atoms with Crippen molar-refractivity contribution in [2.75, 3.05) is 5.32 Å². The Morgan fingerprint density at radius 1 is 1.09 bits per heavy atom. The number of rotatable bonds is 3. The molecule has 0 aliphatic heterocycles. The van der Waals surface area contributed by atoms with Crippen molar-refractivity contribution in [3.63, 3.8) is 0 Å². The molecule has 1 N–H and O–H groups in total. The summed E-state index contributed by atoms with van der Waals surface area (Å²) in [7, 11) is 0. The Kier molecular flexibility index (Phi) is 4.12. The van der Waals surface area contributed by atoms with Crippen LogP contribution in [0.5, 0.6) is 0 Å². The van der Waals surface area contributed by atoms with Crippen molar-refractivity contribution >= 4 is 28.6 Å². The van der Waals surface area contributed by atoms with E-state index in [1.165, 1.54) is 6.08 Å². The number of nitrogens with zero attached hydrogens (tertiary/aromatic N) is 2. The van der Waals surface area contributed by atoms with Gasteiger partial charge in [-0.05, 0) is 42.0 Å². The van der Waals surface area contributed by atoms with E-state index in [0.717, 1.165) is 10.9 Å². The van der Waals surface area contributed by atoms with E-state index in [9.17, 15) is 4.79 Å². The predicted octanol–water partition coefficient (Wildman–Crippen LogP) is 3.76. The summed E-state index contributed by atoms with van der Waals surface area (Å²) in [5, 5.41) is 12.8. The maximum Gasteiger partial charge on any atom is 0.248 e. The highest BCUT2D eigenvalue weighted by Crippen LogP contribution is 2.21. The van der Waals surface area contributed by atoms with Gasteiger partial charge in [0.15, 0.2) is 0 Å². The first-order valence-corrected chi connectivity index (χ1v) is 7.10. The summed E-state index contributed by atoms with van der Waals surface area (Å²) in [4.78, 5) is 16.4. The number of nitrogens with one attached hydrogen (secondary N) is 1. The van der Waals surface area contributed by atoms with E-state index < -0.39 is 0 Å². The first-order valence-electron chi connectivity index (χ1n) is 7.10. The number of nitriles is 1. The van der Waals surface area contributed by atoms with Gasteiger partial charge in [-0.15, -0.1) is 0 Å². The summed E-state index contributed by atoms with van der Waals surface area (Å²) in [6, 6.07) is 18.5. The van der Waals surface area contributed by atoms with Gasteiger partial charge < -0.3 is 5.32 Å². The molecule has 2 aromatic carbocycles. The van der Waals surface area contributed by atoms with Gasteiger partial charge in [0.05, 0.1) is 22.8 Å². The number of amides is 1. The molecule has 3 rings (SSSR count). The fraction of sp³-hybridized carbons (Fsp3) is 0. The zero-order valence-electron chi connectivity index (χ0n) is 12.2. The molecule has 4 nitrogen and oxygen atoms in total. The lowest BCUT2D eigenvalue weighted by Crippen LogP contribution is -2.08. The van der Waals surface area contributed by atoms with E-state index >= 15 is 0 Å². The van der Waals surface area contributed by atoms with Crippen molar-refractivity contribution in [2.24, 2.45) is 0 Å². The highest BCUT2D eigenvalue weighted by molar-refractivity contribution is 6.07. The third kappa shape index (κ3) is 3.25. The second-order valence-corrected chi connectivity index (χ2v) is 4.90. The Morgan fingerprint density at radius 2 is 1.96 bits per heavy atom. The van der Waals surface area contributed by atoms with Crippen LogP contribution in [0.1, 0.15) is 11.1 Å². The van der Waals surface area contributed by atoms with Crippen LogP contribution in [-0.4, -0.2) is 10.9 Å². The number of hydrogen-bond acceptors (Lipinski definition) is 3. The van der Waals surface area contributed by atoms with Gasteiger partial charge in [0.25, 0.3) is 0 Å². The molecule has 110 valence electrons. The molecule has 0 aliphatic rings. The highest BCUT2D eigenvalue weighted by Gasteiger charge is 2.04. The van der Waals surface area contributed by atoms with E-state index in [0.29, 0.717) is 16.8 Å². The molecule has 1 aromatic heterocycles. The number of carbonyl (C=O) groups excluding carboxylic acids is 1. The monoisotopic (exact) mass is 299 g/mol. The summed E-state index contributed by atoms with van der Waals surface area (Å²) >= 11 is 0. The third-order valence-electron chi connectivity index (χ3n) is 3.40. The van der Waals surface area contributed by atoms with E-state index in [2.05, 4.69) is 16.4 Å². The van der Waals surface area contributed by atoms with E-state index in [-0.39, 0.29) is 5.91 Å². The Labute approximate surface area is 133 Å². The highest BCUT2D eigenvalue weighted by atomic mass is 16.1. The standard InChI is InChI=1S/C19H13N3O/c20-13-15-6-2-1-5-14(15)10-11-19(23)22-18-9-3-8-17-16(18)7-4-12-21-17/h1-12H,(H,22,23). The van der Waals surface area contributed by atoms with Crippen LogP contribution in [0.2, 0.25) is 0 Å². The summed E-state index contributed by atoms with van der Waals surface area (Å²) in [6.07, 6.45) is 4.77. The van der Waals surface area contributed by atoms with Crippen LogP contribution in [0.25, 0.3) is 17.0 Å². The van der Waals surface area contributed by atoms with Crippen molar-refractivity contribution in [3.05, 3.63) is 78.0 Å². The van der Waals surface area contributed by atoms with Crippen LogP contribution in [0.3, 0.4) is 0 Å². The second kappa shape index (κ2) is 6.54. The lowest BCUT2D eigenvalue weighted by Gasteiger charge is -2.06. The number of benzene rings is 2. The Bertz CT molecular complexity index is 933. The topological polar surface area (TPSA) is 65.8 Å². The van der Waals surface area contributed by atoms with E-state index in [1.807, 2.05) is 36.4 Å². The number of aromatic nitrogens is 1. The maximum atomic E-state index is 12.1. The predicted molar refractivity (Wildman–Crippen MR) is 90.6 cm³/mol. The first-order chi connectivity index (χ1) is 11.3. The molecular formula is C19H13N3O. The Hall–Kier alpha value is -3.45.